The fraction of sp³-hybridized carbons (Fsp3) is 0.211. The number of hydrogen-bond donors (Lipinski definition) is 0. The fourth-order valence-corrected chi connectivity index (χ4v) is 2.62. The molecule has 0 bridgehead atoms. The van der Waals surface area contributed by atoms with Crippen molar-refractivity contribution in [3.8, 4) is 5.75 Å². The Kier molecular flexibility index (Phi) is 4.16. The summed E-state index contributed by atoms with van der Waals surface area (Å²) in [7, 11) is 0. The number of hydrogen-bond acceptors (Lipinski definition) is 5. The molecule has 0 spiro atoms. The molecule has 0 amide bonds. The van der Waals surface area contributed by atoms with Crippen LogP contribution in [0.4, 0.5) is 0 Å². The number of ether oxygens (including phenoxy) is 2. The van der Waals surface area contributed by atoms with Gasteiger partial charge in [0.2, 0.25) is 17.7 Å². The SMILES string of the molecule is CC(=O)OC1C(=O)c2cccc(OCc3ccc(C)cc3)c2C1=O. The lowest BCUT2D eigenvalue weighted by molar-refractivity contribution is -0.142. The summed E-state index contributed by atoms with van der Waals surface area (Å²) >= 11 is 0. The van der Waals surface area contributed by atoms with E-state index in [1.54, 1.807) is 12.1 Å². The standard InChI is InChI=1S/C19H16O5/c1-11-6-8-13(9-7-11)10-23-15-5-3-4-14-16(15)18(22)19(17(14)21)24-12(2)20/h3-9,19H,10H2,1-2H3. The molecule has 5 nitrogen and oxygen atoms in total. The van der Waals surface area contributed by atoms with E-state index in [0.29, 0.717) is 5.75 Å². The molecule has 5 heteroatoms. The molecule has 24 heavy (non-hydrogen) atoms. The molecule has 0 aliphatic heterocycles. The molecule has 0 radical (unpaired) electrons. The summed E-state index contributed by atoms with van der Waals surface area (Å²) < 4.78 is 10.6. The van der Waals surface area contributed by atoms with Crippen molar-refractivity contribution in [2.75, 3.05) is 0 Å². The van der Waals surface area contributed by atoms with Gasteiger partial charge in [0, 0.05) is 12.5 Å². The van der Waals surface area contributed by atoms with Crippen LogP contribution >= 0.6 is 0 Å². The Morgan fingerprint density at radius 3 is 2.42 bits per heavy atom. The smallest absolute Gasteiger partial charge is 0.303 e. The van der Waals surface area contributed by atoms with Crippen LogP contribution in [-0.2, 0) is 16.1 Å². The van der Waals surface area contributed by atoms with Crippen molar-refractivity contribution in [1.29, 1.82) is 0 Å². The number of esters is 1. The molecule has 0 heterocycles. The molecular weight excluding hydrogens is 308 g/mol. The van der Waals surface area contributed by atoms with Gasteiger partial charge < -0.3 is 9.47 Å². The number of benzene rings is 2. The number of carbonyl (C=O) groups excluding carboxylic acids is 3. The number of carbonyl (C=O) groups is 3. The highest BCUT2D eigenvalue weighted by atomic mass is 16.5. The maximum atomic E-state index is 12.4. The van der Waals surface area contributed by atoms with Crippen molar-refractivity contribution < 1.29 is 23.9 Å². The maximum absolute atomic E-state index is 12.4. The lowest BCUT2D eigenvalue weighted by Crippen LogP contribution is -2.27. The Morgan fingerprint density at radius 2 is 1.75 bits per heavy atom. The molecule has 0 saturated heterocycles. The molecule has 2 aromatic rings. The second-order valence-electron chi connectivity index (χ2n) is 5.67. The van der Waals surface area contributed by atoms with Crippen LogP contribution in [0.5, 0.6) is 5.75 Å². The first-order valence-corrected chi connectivity index (χ1v) is 7.54. The van der Waals surface area contributed by atoms with Crippen molar-refractivity contribution in [1.82, 2.24) is 0 Å². The van der Waals surface area contributed by atoms with Gasteiger partial charge in [-0.15, -0.1) is 0 Å². The summed E-state index contributed by atoms with van der Waals surface area (Å²) in [6.07, 6.45) is -1.40. The number of Topliss-reactive ketones (excluding diaryl/α,β-unsaturated/α-hetero) is 2. The van der Waals surface area contributed by atoms with Gasteiger partial charge in [0.25, 0.3) is 0 Å². The second-order valence-corrected chi connectivity index (χ2v) is 5.67. The van der Waals surface area contributed by atoms with Gasteiger partial charge in [0.15, 0.2) is 0 Å². The van der Waals surface area contributed by atoms with Crippen LogP contribution in [0.2, 0.25) is 0 Å². The largest absolute Gasteiger partial charge is 0.488 e. The minimum Gasteiger partial charge on any atom is -0.488 e. The number of aryl methyl sites for hydroxylation is 1. The van der Waals surface area contributed by atoms with Gasteiger partial charge >= 0.3 is 5.97 Å². The Labute approximate surface area is 139 Å². The zero-order chi connectivity index (χ0) is 17.3. The molecule has 0 aromatic heterocycles. The van der Waals surface area contributed by atoms with E-state index in [9.17, 15) is 14.4 Å². The van der Waals surface area contributed by atoms with Gasteiger partial charge in [0.05, 0.1) is 5.56 Å². The maximum Gasteiger partial charge on any atom is 0.303 e. The zero-order valence-electron chi connectivity index (χ0n) is 13.4. The van der Waals surface area contributed by atoms with Gasteiger partial charge in [0.1, 0.15) is 12.4 Å². The van der Waals surface area contributed by atoms with Crippen LogP contribution in [0.15, 0.2) is 42.5 Å². The summed E-state index contributed by atoms with van der Waals surface area (Å²) in [6.45, 7) is 3.43. The fourth-order valence-electron chi connectivity index (χ4n) is 2.62. The number of fused-ring (bicyclic) bond motifs is 1. The minimum atomic E-state index is -1.40. The van der Waals surface area contributed by atoms with Crippen LogP contribution in [0.25, 0.3) is 0 Å². The van der Waals surface area contributed by atoms with E-state index in [-0.39, 0.29) is 17.7 Å². The molecule has 3 rings (SSSR count). The molecule has 2 aromatic carbocycles. The van der Waals surface area contributed by atoms with Gasteiger partial charge in [-0.1, -0.05) is 42.0 Å². The average molecular weight is 324 g/mol. The highest BCUT2D eigenvalue weighted by molar-refractivity contribution is 6.30. The van der Waals surface area contributed by atoms with Gasteiger partial charge in [-0.3, -0.25) is 14.4 Å². The molecule has 0 fully saturated rings. The lowest BCUT2D eigenvalue weighted by Gasteiger charge is -2.10. The Hall–Kier alpha value is -2.95. The molecule has 1 aliphatic carbocycles. The third-order valence-electron chi connectivity index (χ3n) is 3.81. The van der Waals surface area contributed by atoms with Crippen molar-refractivity contribution >= 4 is 17.5 Å². The molecule has 0 N–H and O–H groups in total. The van der Waals surface area contributed by atoms with Crippen LogP contribution in [-0.4, -0.2) is 23.6 Å². The zero-order valence-corrected chi connectivity index (χ0v) is 13.4. The average Bonchev–Trinajstić information content (AvgIpc) is 2.79. The van der Waals surface area contributed by atoms with Crippen molar-refractivity contribution in [2.24, 2.45) is 0 Å². The minimum absolute atomic E-state index is 0.181. The van der Waals surface area contributed by atoms with E-state index in [1.807, 2.05) is 31.2 Å². The predicted molar refractivity (Wildman–Crippen MR) is 86.2 cm³/mol. The van der Waals surface area contributed by atoms with Gasteiger partial charge in [-0.2, -0.15) is 0 Å². The van der Waals surface area contributed by atoms with Crippen LogP contribution in [0.1, 0.15) is 38.8 Å². The summed E-state index contributed by atoms with van der Waals surface area (Å²) in [5.41, 5.74) is 2.50. The first-order valence-electron chi connectivity index (χ1n) is 7.54. The summed E-state index contributed by atoms with van der Waals surface area (Å²) in [4.78, 5) is 35.8. The molecule has 122 valence electrons. The number of ketones is 2. The summed E-state index contributed by atoms with van der Waals surface area (Å²) in [5.74, 6) is -1.40. The highest BCUT2D eigenvalue weighted by Gasteiger charge is 2.43. The van der Waals surface area contributed by atoms with Crippen molar-refractivity contribution in [3.63, 3.8) is 0 Å². The topological polar surface area (TPSA) is 69.7 Å². The normalized spacial score (nSPS) is 16.0. The van der Waals surface area contributed by atoms with Gasteiger partial charge in [-0.25, -0.2) is 0 Å². The Morgan fingerprint density at radius 1 is 1.04 bits per heavy atom. The van der Waals surface area contributed by atoms with E-state index >= 15 is 0 Å². The quantitative estimate of drug-likeness (QED) is 0.639. The third kappa shape index (κ3) is 2.93. The molecule has 0 saturated carbocycles. The highest BCUT2D eigenvalue weighted by Crippen LogP contribution is 2.32. The van der Waals surface area contributed by atoms with E-state index in [2.05, 4.69) is 0 Å². The monoisotopic (exact) mass is 324 g/mol. The van der Waals surface area contributed by atoms with Gasteiger partial charge in [-0.05, 0) is 18.6 Å². The molecule has 1 aliphatic rings. The van der Waals surface area contributed by atoms with E-state index < -0.39 is 23.6 Å². The predicted octanol–water partition coefficient (Wildman–Crippen LogP) is 2.88. The van der Waals surface area contributed by atoms with Crippen LogP contribution in [0, 0.1) is 6.92 Å². The Bertz CT molecular complexity index is 820. The van der Waals surface area contributed by atoms with Crippen molar-refractivity contribution in [2.45, 2.75) is 26.6 Å². The van der Waals surface area contributed by atoms with Crippen LogP contribution < -0.4 is 4.74 Å². The van der Waals surface area contributed by atoms with E-state index in [0.717, 1.165) is 11.1 Å². The molecular formula is C19H16O5. The summed E-state index contributed by atoms with van der Waals surface area (Å²) in [5, 5.41) is 0. The lowest BCUT2D eigenvalue weighted by atomic mass is 10.1. The van der Waals surface area contributed by atoms with E-state index in [4.69, 9.17) is 9.47 Å². The van der Waals surface area contributed by atoms with Crippen molar-refractivity contribution in [3.05, 3.63) is 64.7 Å². The first kappa shape index (κ1) is 15.9. The summed E-state index contributed by atoms with van der Waals surface area (Å²) in [6, 6.07) is 12.6. The van der Waals surface area contributed by atoms with Crippen LogP contribution in [0.3, 0.4) is 0 Å². The molecule has 1 atom stereocenters. The Balaban J connectivity index is 1.85. The van der Waals surface area contributed by atoms with E-state index in [1.165, 1.54) is 13.0 Å². The molecule has 1 unspecified atom stereocenters. The third-order valence-corrected chi connectivity index (χ3v) is 3.81. The number of rotatable bonds is 4. The first-order chi connectivity index (χ1) is 11.5. The second kappa shape index (κ2) is 6.28.